The monoisotopic (exact) mass is 245 g/mol. The molecule has 0 radical (unpaired) electrons. The molecule has 1 fully saturated rings. The number of aliphatic hydroxyl groups is 1. The van der Waals surface area contributed by atoms with Crippen LogP contribution in [0.5, 0.6) is 0 Å². The van der Waals surface area contributed by atoms with E-state index < -0.39 is 17.5 Å². The van der Waals surface area contributed by atoms with Crippen molar-refractivity contribution < 1.29 is 18.3 Å². The Bertz CT molecular complexity index is 380. The number of nitrogens with zero attached hydrogens (tertiary/aromatic N) is 1. The smallest absolute Gasteiger partial charge is 0.194 e. The molecule has 1 heterocycles. The number of benzene rings is 1. The number of piperidine rings is 1. The maximum atomic E-state index is 13.0. The number of likely N-dealkylation sites (tertiary alicyclic amines) is 1. The normalized spacial score (nSPS) is 18.6. The number of hydrogen-bond acceptors (Lipinski definition) is 2. The van der Waals surface area contributed by atoms with E-state index in [1.54, 1.807) is 0 Å². The summed E-state index contributed by atoms with van der Waals surface area (Å²) < 4.78 is 38.7. The van der Waals surface area contributed by atoms with E-state index in [2.05, 4.69) is 0 Å². The van der Waals surface area contributed by atoms with Gasteiger partial charge in [0.25, 0.3) is 0 Å². The summed E-state index contributed by atoms with van der Waals surface area (Å²) in [6, 6.07) is 2.03. The Labute approximate surface area is 97.7 Å². The van der Waals surface area contributed by atoms with Crippen LogP contribution in [0.25, 0.3) is 0 Å². The second kappa shape index (κ2) is 5.06. The Morgan fingerprint density at radius 2 is 1.65 bits per heavy atom. The molecule has 2 rings (SSSR count). The van der Waals surface area contributed by atoms with Crippen LogP contribution in [0.3, 0.4) is 0 Å². The maximum Gasteiger partial charge on any atom is 0.194 e. The zero-order chi connectivity index (χ0) is 12.4. The molecule has 94 valence electrons. The lowest BCUT2D eigenvalue weighted by Crippen LogP contribution is -2.35. The summed E-state index contributed by atoms with van der Waals surface area (Å²) in [4.78, 5) is 1.98. The lowest BCUT2D eigenvalue weighted by molar-refractivity contribution is 0.0791. The predicted octanol–water partition coefficient (Wildman–Crippen LogP) is 2.06. The van der Waals surface area contributed by atoms with E-state index in [0.29, 0.717) is 38.0 Å². The van der Waals surface area contributed by atoms with E-state index >= 15 is 0 Å². The highest BCUT2D eigenvalue weighted by atomic mass is 19.2. The fourth-order valence-corrected chi connectivity index (χ4v) is 2.03. The van der Waals surface area contributed by atoms with Gasteiger partial charge in [-0.1, -0.05) is 0 Å². The van der Waals surface area contributed by atoms with E-state index in [-0.39, 0.29) is 6.10 Å². The first-order valence-electron chi connectivity index (χ1n) is 5.60. The second-order valence-electron chi connectivity index (χ2n) is 4.38. The van der Waals surface area contributed by atoms with Gasteiger partial charge in [-0.15, -0.1) is 0 Å². The molecule has 1 aliphatic heterocycles. The van der Waals surface area contributed by atoms with Gasteiger partial charge in [-0.05, 0) is 30.5 Å². The molecule has 1 aromatic rings. The summed E-state index contributed by atoms with van der Waals surface area (Å²) in [5.41, 5.74) is 0.415. The van der Waals surface area contributed by atoms with Crippen LogP contribution in [0.2, 0.25) is 0 Å². The molecule has 0 amide bonds. The first-order chi connectivity index (χ1) is 8.06. The van der Waals surface area contributed by atoms with Gasteiger partial charge >= 0.3 is 0 Å². The van der Waals surface area contributed by atoms with Gasteiger partial charge < -0.3 is 5.11 Å². The van der Waals surface area contributed by atoms with Crippen molar-refractivity contribution in [2.75, 3.05) is 13.1 Å². The molecule has 1 N–H and O–H groups in total. The van der Waals surface area contributed by atoms with Crippen LogP contribution in [0.15, 0.2) is 12.1 Å². The Balaban J connectivity index is 2.04. The fourth-order valence-electron chi connectivity index (χ4n) is 2.03. The van der Waals surface area contributed by atoms with Crippen molar-refractivity contribution in [2.45, 2.75) is 25.5 Å². The average Bonchev–Trinajstić information content (AvgIpc) is 2.29. The van der Waals surface area contributed by atoms with Gasteiger partial charge in [-0.3, -0.25) is 4.90 Å². The molecule has 0 saturated carbocycles. The molecule has 1 aliphatic rings. The molecule has 2 nitrogen and oxygen atoms in total. The summed E-state index contributed by atoms with van der Waals surface area (Å²) in [6.45, 7) is 1.74. The van der Waals surface area contributed by atoms with Crippen LogP contribution in [0.4, 0.5) is 13.2 Å². The Morgan fingerprint density at radius 3 is 2.18 bits per heavy atom. The van der Waals surface area contributed by atoms with Crippen LogP contribution in [-0.2, 0) is 6.54 Å². The predicted molar refractivity (Wildman–Crippen MR) is 56.8 cm³/mol. The minimum absolute atomic E-state index is 0.284. The number of hydrogen-bond donors (Lipinski definition) is 1. The van der Waals surface area contributed by atoms with Gasteiger partial charge in [0.15, 0.2) is 17.5 Å². The lowest BCUT2D eigenvalue weighted by atomic mass is 10.1. The zero-order valence-corrected chi connectivity index (χ0v) is 9.30. The van der Waals surface area contributed by atoms with Crippen LogP contribution >= 0.6 is 0 Å². The molecule has 1 aromatic carbocycles. The third-order valence-electron chi connectivity index (χ3n) is 3.01. The molecule has 0 aliphatic carbocycles. The highest BCUT2D eigenvalue weighted by molar-refractivity contribution is 5.19. The van der Waals surface area contributed by atoms with E-state index in [9.17, 15) is 18.3 Å². The van der Waals surface area contributed by atoms with Gasteiger partial charge in [0.1, 0.15) is 0 Å². The van der Waals surface area contributed by atoms with Gasteiger partial charge in [0, 0.05) is 19.6 Å². The average molecular weight is 245 g/mol. The number of halogens is 3. The van der Waals surface area contributed by atoms with E-state index in [1.807, 2.05) is 4.90 Å². The molecular formula is C12H14F3NO. The first-order valence-corrected chi connectivity index (χ1v) is 5.60. The number of aliphatic hydroxyl groups excluding tert-OH is 1. The van der Waals surface area contributed by atoms with Crippen molar-refractivity contribution in [3.8, 4) is 0 Å². The van der Waals surface area contributed by atoms with E-state index in [0.717, 1.165) is 12.1 Å². The van der Waals surface area contributed by atoms with Crippen LogP contribution in [0.1, 0.15) is 18.4 Å². The third kappa shape index (κ3) is 2.98. The van der Waals surface area contributed by atoms with Gasteiger partial charge in [-0.25, -0.2) is 13.2 Å². The molecule has 1 saturated heterocycles. The topological polar surface area (TPSA) is 23.5 Å². The van der Waals surface area contributed by atoms with E-state index in [1.165, 1.54) is 0 Å². The summed E-state index contributed by atoms with van der Waals surface area (Å²) in [5, 5.41) is 9.32. The molecule has 0 spiro atoms. The number of rotatable bonds is 2. The molecule has 0 aromatic heterocycles. The van der Waals surface area contributed by atoms with Gasteiger partial charge in [0.2, 0.25) is 0 Å². The highest BCUT2D eigenvalue weighted by Gasteiger charge is 2.18. The van der Waals surface area contributed by atoms with Crippen molar-refractivity contribution in [1.82, 2.24) is 4.90 Å². The molecule has 5 heteroatoms. The van der Waals surface area contributed by atoms with Crippen molar-refractivity contribution in [2.24, 2.45) is 0 Å². The van der Waals surface area contributed by atoms with E-state index in [4.69, 9.17) is 0 Å². The Morgan fingerprint density at radius 1 is 1.12 bits per heavy atom. The summed E-state index contributed by atoms with van der Waals surface area (Å²) in [5.74, 6) is -3.74. The standard InChI is InChI=1S/C12H14F3NO/c13-10-5-8(6-11(14)12(10)15)7-16-3-1-9(17)2-4-16/h5-6,9,17H,1-4,7H2. The molecule has 0 atom stereocenters. The lowest BCUT2D eigenvalue weighted by Gasteiger charge is -2.29. The molecular weight excluding hydrogens is 231 g/mol. The largest absolute Gasteiger partial charge is 0.393 e. The van der Waals surface area contributed by atoms with Gasteiger partial charge in [-0.2, -0.15) is 0 Å². The minimum Gasteiger partial charge on any atom is -0.393 e. The molecule has 0 unspecified atom stereocenters. The van der Waals surface area contributed by atoms with Crippen LogP contribution in [-0.4, -0.2) is 29.2 Å². The molecule has 0 bridgehead atoms. The van der Waals surface area contributed by atoms with Crippen LogP contribution in [0, 0.1) is 17.5 Å². The van der Waals surface area contributed by atoms with Crippen molar-refractivity contribution >= 4 is 0 Å². The second-order valence-corrected chi connectivity index (χ2v) is 4.38. The van der Waals surface area contributed by atoms with Crippen molar-refractivity contribution in [1.29, 1.82) is 0 Å². The van der Waals surface area contributed by atoms with Crippen LogP contribution < -0.4 is 0 Å². The summed E-state index contributed by atoms with van der Waals surface area (Å²) >= 11 is 0. The zero-order valence-electron chi connectivity index (χ0n) is 9.30. The minimum atomic E-state index is -1.43. The van der Waals surface area contributed by atoms with Crippen molar-refractivity contribution in [3.63, 3.8) is 0 Å². The first kappa shape index (κ1) is 12.4. The van der Waals surface area contributed by atoms with Crippen molar-refractivity contribution in [3.05, 3.63) is 35.1 Å². The SMILES string of the molecule is OC1CCN(Cc2cc(F)c(F)c(F)c2)CC1. The highest BCUT2D eigenvalue weighted by Crippen LogP contribution is 2.17. The summed E-state index contributed by atoms with van der Waals surface area (Å²) in [7, 11) is 0. The quantitative estimate of drug-likeness (QED) is 0.806. The maximum absolute atomic E-state index is 13.0. The fraction of sp³-hybridized carbons (Fsp3) is 0.500. The molecule has 17 heavy (non-hydrogen) atoms. The third-order valence-corrected chi connectivity index (χ3v) is 3.01. The summed E-state index contributed by atoms with van der Waals surface area (Å²) in [6.07, 6.45) is 1.03. The Kier molecular flexibility index (Phi) is 3.69. The van der Waals surface area contributed by atoms with Gasteiger partial charge in [0.05, 0.1) is 6.10 Å². The Hall–Kier alpha value is -1.07.